The first-order valence-corrected chi connectivity index (χ1v) is 6.14. The van der Waals surface area contributed by atoms with E-state index in [9.17, 15) is 0 Å². The van der Waals surface area contributed by atoms with Crippen LogP contribution in [0, 0.1) is 0 Å². The van der Waals surface area contributed by atoms with Crippen LogP contribution in [0.3, 0.4) is 0 Å². The predicted octanol–water partition coefficient (Wildman–Crippen LogP) is 2.54. The molecule has 0 radical (unpaired) electrons. The molecule has 0 unspecified atom stereocenters. The summed E-state index contributed by atoms with van der Waals surface area (Å²) in [6.45, 7) is 3.64. The molecule has 16 heavy (non-hydrogen) atoms. The van der Waals surface area contributed by atoms with Crippen molar-refractivity contribution >= 4 is 0 Å². The Kier molecular flexibility index (Phi) is 6.58. The van der Waals surface area contributed by atoms with Crippen LogP contribution in [-0.2, 0) is 6.42 Å². The Hall–Kier alpha value is -1.09. The van der Waals surface area contributed by atoms with Crippen molar-refractivity contribution in [3.8, 4) is 5.75 Å². The van der Waals surface area contributed by atoms with Crippen LogP contribution in [0.5, 0.6) is 5.75 Å². The smallest absolute Gasteiger partial charge is 0.137 e. The molecule has 3 heteroatoms. The zero-order valence-electron chi connectivity index (χ0n) is 10.1. The summed E-state index contributed by atoms with van der Waals surface area (Å²) in [4.78, 5) is 4.28. The van der Waals surface area contributed by atoms with Crippen molar-refractivity contribution < 1.29 is 4.74 Å². The molecule has 1 aromatic rings. The fraction of sp³-hybridized carbons (Fsp3) is 0.615. The Morgan fingerprint density at radius 2 is 2.12 bits per heavy atom. The molecule has 0 fully saturated rings. The quantitative estimate of drug-likeness (QED) is 0.688. The largest absolute Gasteiger partial charge is 0.492 e. The number of pyridine rings is 1. The monoisotopic (exact) mass is 222 g/mol. The van der Waals surface area contributed by atoms with Crippen LogP contribution in [0.4, 0.5) is 0 Å². The molecule has 3 nitrogen and oxygen atoms in total. The Morgan fingerprint density at radius 3 is 2.75 bits per heavy atom. The molecule has 0 spiro atoms. The van der Waals surface area contributed by atoms with Gasteiger partial charge in [-0.3, -0.25) is 4.98 Å². The van der Waals surface area contributed by atoms with Gasteiger partial charge in [0.1, 0.15) is 5.75 Å². The molecular weight excluding hydrogens is 200 g/mol. The van der Waals surface area contributed by atoms with E-state index in [4.69, 9.17) is 10.5 Å². The lowest BCUT2D eigenvalue weighted by atomic mass is 10.2. The molecule has 1 rings (SSSR count). The molecule has 0 atom stereocenters. The summed E-state index contributed by atoms with van der Waals surface area (Å²) in [5.74, 6) is 0.859. The number of nitrogens with two attached hydrogens (primary N) is 1. The maximum Gasteiger partial charge on any atom is 0.137 e. The molecule has 0 bridgehead atoms. The fourth-order valence-electron chi connectivity index (χ4n) is 1.51. The number of ether oxygens (including phenoxy) is 1. The molecule has 0 saturated carbocycles. The minimum atomic E-state index is 0.643. The van der Waals surface area contributed by atoms with Gasteiger partial charge in [-0.15, -0.1) is 0 Å². The van der Waals surface area contributed by atoms with E-state index in [-0.39, 0.29) is 0 Å². The zero-order valence-corrected chi connectivity index (χ0v) is 10.1. The van der Waals surface area contributed by atoms with Gasteiger partial charge in [0.15, 0.2) is 0 Å². The summed E-state index contributed by atoms with van der Waals surface area (Å²) in [5.41, 5.74) is 6.48. The number of nitrogens with zero attached hydrogens (tertiary/aromatic N) is 1. The van der Waals surface area contributed by atoms with E-state index in [0.29, 0.717) is 6.54 Å². The van der Waals surface area contributed by atoms with Crippen LogP contribution in [0.25, 0.3) is 0 Å². The third-order valence-electron chi connectivity index (χ3n) is 2.46. The maximum atomic E-state index is 5.59. The molecule has 0 amide bonds. The van der Waals surface area contributed by atoms with Crippen molar-refractivity contribution in [3.05, 3.63) is 24.0 Å². The Morgan fingerprint density at radius 1 is 1.25 bits per heavy atom. The maximum absolute atomic E-state index is 5.59. The van der Waals surface area contributed by atoms with Crippen LogP contribution in [0.15, 0.2) is 18.3 Å². The van der Waals surface area contributed by atoms with Crippen molar-refractivity contribution in [2.24, 2.45) is 5.73 Å². The molecule has 1 aromatic heterocycles. The molecular formula is C13H22N2O. The van der Waals surface area contributed by atoms with Gasteiger partial charge < -0.3 is 10.5 Å². The second-order valence-electron chi connectivity index (χ2n) is 3.93. The lowest BCUT2D eigenvalue weighted by Crippen LogP contribution is -2.04. The summed E-state index contributed by atoms with van der Waals surface area (Å²) < 4.78 is 5.59. The van der Waals surface area contributed by atoms with Crippen molar-refractivity contribution in [1.82, 2.24) is 4.98 Å². The summed E-state index contributed by atoms with van der Waals surface area (Å²) >= 11 is 0. The highest BCUT2D eigenvalue weighted by atomic mass is 16.5. The topological polar surface area (TPSA) is 48.1 Å². The first-order chi connectivity index (χ1) is 7.86. The predicted molar refractivity (Wildman–Crippen MR) is 66.6 cm³/mol. The second-order valence-corrected chi connectivity index (χ2v) is 3.93. The highest BCUT2D eigenvalue weighted by molar-refractivity contribution is 5.19. The third-order valence-corrected chi connectivity index (χ3v) is 2.46. The van der Waals surface area contributed by atoms with E-state index < -0.39 is 0 Å². The van der Waals surface area contributed by atoms with Crippen molar-refractivity contribution in [3.63, 3.8) is 0 Å². The van der Waals surface area contributed by atoms with Gasteiger partial charge in [0.05, 0.1) is 12.8 Å². The number of unbranched alkanes of at least 4 members (excludes halogenated alkanes) is 3. The van der Waals surface area contributed by atoms with Crippen LogP contribution in [0.1, 0.15) is 38.3 Å². The van der Waals surface area contributed by atoms with Gasteiger partial charge in [-0.25, -0.2) is 0 Å². The fourth-order valence-corrected chi connectivity index (χ4v) is 1.51. The van der Waals surface area contributed by atoms with Gasteiger partial charge in [-0.2, -0.15) is 0 Å². The number of aromatic nitrogens is 1. The van der Waals surface area contributed by atoms with Crippen LogP contribution in [-0.4, -0.2) is 18.1 Å². The minimum absolute atomic E-state index is 0.643. The van der Waals surface area contributed by atoms with Gasteiger partial charge >= 0.3 is 0 Å². The molecule has 0 aromatic carbocycles. The van der Waals surface area contributed by atoms with E-state index in [0.717, 1.165) is 30.9 Å². The Balaban J connectivity index is 2.21. The average molecular weight is 222 g/mol. The van der Waals surface area contributed by atoms with Crippen LogP contribution in [0.2, 0.25) is 0 Å². The molecule has 0 aliphatic rings. The number of hydrogen-bond acceptors (Lipinski definition) is 3. The Bertz CT molecular complexity index is 272. The third kappa shape index (κ3) is 5.12. The van der Waals surface area contributed by atoms with Gasteiger partial charge in [0.2, 0.25) is 0 Å². The Labute approximate surface area is 98.0 Å². The SMILES string of the molecule is CCCCCCOc1ccc(CCN)nc1. The normalized spacial score (nSPS) is 10.4. The summed E-state index contributed by atoms with van der Waals surface area (Å²) in [6.07, 6.45) is 7.53. The van der Waals surface area contributed by atoms with E-state index in [1.54, 1.807) is 6.20 Å². The van der Waals surface area contributed by atoms with E-state index in [1.165, 1.54) is 19.3 Å². The van der Waals surface area contributed by atoms with Gasteiger partial charge in [-0.1, -0.05) is 26.2 Å². The highest BCUT2D eigenvalue weighted by Gasteiger charge is 1.96. The zero-order chi connectivity index (χ0) is 11.6. The first-order valence-electron chi connectivity index (χ1n) is 6.14. The highest BCUT2D eigenvalue weighted by Crippen LogP contribution is 2.10. The van der Waals surface area contributed by atoms with E-state index in [1.807, 2.05) is 12.1 Å². The molecule has 0 aliphatic carbocycles. The van der Waals surface area contributed by atoms with E-state index in [2.05, 4.69) is 11.9 Å². The van der Waals surface area contributed by atoms with Gasteiger partial charge in [0.25, 0.3) is 0 Å². The first kappa shape index (κ1) is 13.0. The minimum Gasteiger partial charge on any atom is -0.492 e. The second kappa shape index (κ2) is 8.11. The molecule has 2 N–H and O–H groups in total. The lowest BCUT2D eigenvalue weighted by molar-refractivity contribution is 0.304. The van der Waals surface area contributed by atoms with Crippen molar-refractivity contribution in [1.29, 1.82) is 0 Å². The van der Waals surface area contributed by atoms with Crippen LogP contribution >= 0.6 is 0 Å². The summed E-state index contributed by atoms with van der Waals surface area (Å²) in [5, 5.41) is 0. The van der Waals surface area contributed by atoms with Gasteiger partial charge in [-0.05, 0) is 25.1 Å². The average Bonchev–Trinajstić information content (AvgIpc) is 2.31. The van der Waals surface area contributed by atoms with E-state index >= 15 is 0 Å². The summed E-state index contributed by atoms with van der Waals surface area (Å²) in [6, 6.07) is 3.95. The standard InChI is InChI=1S/C13H22N2O/c1-2-3-4-5-10-16-13-7-6-12(8-9-14)15-11-13/h6-7,11H,2-5,8-10,14H2,1H3. The lowest BCUT2D eigenvalue weighted by Gasteiger charge is -2.06. The number of hydrogen-bond donors (Lipinski definition) is 1. The summed E-state index contributed by atoms with van der Waals surface area (Å²) in [7, 11) is 0. The van der Waals surface area contributed by atoms with Gasteiger partial charge in [0, 0.05) is 12.1 Å². The van der Waals surface area contributed by atoms with Crippen LogP contribution < -0.4 is 10.5 Å². The molecule has 90 valence electrons. The van der Waals surface area contributed by atoms with Crippen molar-refractivity contribution in [2.45, 2.75) is 39.0 Å². The molecule has 1 heterocycles. The molecule has 0 aliphatic heterocycles. The van der Waals surface area contributed by atoms with Crippen molar-refractivity contribution in [2.75, 3.05) is 13.2 Å². The number of rotatable bonds is 8. The molecule has 0 saturated heterocycles.